The second kappa shape index (κ2) is 6.22. The van der Waals surface area contributed by atoms with Crippen molar-refractivity contribution in [2.75, 3.05) is 11.9 Å². The second-order valence-corrected chi connectivity index (χ2v) is 4.70. The molecular formula is C14H18N2O3. The Balaban J connectivity index is 1.70. The van der Waals surface area contributed by atoms with Crippen molar-refractivity contribution < 1.29 is 14.7 Å². The van der Waals surface area contributed by atoms with E-state index >= 15 is 0 Å². The Kier molecular flexibility index (Phi) is 4.39. The topological polar surface area (TPSA) is 78.4 Å². The standard InChI is InChI=1S/C14H18N2O3/c17-13(18)7-3-4-8-15-14(19)12-9-10-5-1-2-6-11(10)16-12/h1-2,5-6,12,16H,3-4,7-9H2,(H,15,19)(H,17,18)/t12-/m0/s1. The lowest BCUT2D eigenvalue weighted by atomic mass is 10.1. The van der Waals surface area contributed by atoms with Gasteiger partial charge in [0.15, 0.2) is 0 Å². The van der Waals surface area contributed by atoms with E-state index < -0.39 is 5.97 Å². The second-order valence-electron chi connectivity index (χ2n) is 4.70. The van der Waals surface area contributed by atoms with Crippen molar-refractivity contribution in [3.63, 3.8) is 0 Å². The zero-order valence-corrected chi connectivity index (χ0v) is 10.7. The first-order valence-corrected chi connectivity index (χ1v) is 6.51. The molecule has 5 nitrogen and oxygen atoms in total. The molecule has 102 valence electrons. The third-order valence-corrected chi connectivity index (χ3v) is 3.20. The SMILES string of the molecule is O=C(O)CCCCNC(=O)[C@@H]1Cc2ccccc2N1. The van der Waals surface area contributed by atoms with Crippen molar-refractivity contribution in [2.45, 2.75) is 31.7 Å². The lowest BCUT2D eigenvalue weighted by Gasteiger charge is -2.11. The molecule has 0 saturated carbocycles. The number of hydrogen-bond donors (Lipinski definition) is 3. The van der Waals surface area contributed by atoms with E-state index in [4.69, 9.17) is 5.11 Å². The maximum atomic E-state index is 11.9. The molecule has 1 heterocycles. The number of carbonyl (C=O) groups is 2. The number of hydrogen-bond acceptors (Lipinski definition) is 3. The van der Waals surface area contributed by atoms with Crippen molar-refractivity contribution in [1.29, 1.82) is 0 Å². The van der Waals surface area contributed by atoms with Gasteiger partial charge in [-0.3, -0.25) is 9.59 Å². The summed E-state index contributed by atoms with van der Waals surface area (Å²) in [7, 11) is 0. The molecule has 0 radical (unpaired) electrons. The van der Waals surface area contributed by atoms with E-state index in [0.717, 1.165) is 11.3 Å². The van der Waals surface area contributed by atoms with Crippen LogP contribution in [0.2, 0.25) is 0 Å². The number of aliphatic carboxylic acids is 1. The van der Waals surface area contributed by atoms with Gasteiger partial charge in [0.1, 0.15) is 6.04 Å². The van der Waals surface area contributed by atoms with Crippen molar-refractivity contribution in [2.24, 2.45) is 0 Å². The van der Waals surface area contributed by atoms with E-state index in [-0.39, 0.29) is 18.4 Å². The van der Waals surface area contributed by atoms with Crippen molar-refractivity contribution in [3.05, 3.63) is 29.8 Å². The molecule has 19 heavy (non-hydrogen) atoms. The fourth-order valence-electron chi connectivity index (χ4n) is 2.19. The first-order valence-electron chi connectivity index (χ1n) is 6.51. The Morgan fingerprint density at radius 2 is 2.11 bits per heavy atom. The molecule has 0 aliphatic carbocycles. The number of benzene rings is 1. The molecule has 1 aromatic carbocycles. The van der Waals surface area contributed by atoms with Gasteiger partial charge in [-0.2, -0.15) is 0 Å². The van der Waals surface area contributed by atoms with Gasteiger partial charge in [-0.1, -0.05) is 18.2 Å². The normalized spacial score (nSPS) is 16.5. The molecule has 0 aromatic heterocycles. The molecule has 0 spiro atoms. The number of carboxylic acid groups (broad SMARTS) is 1. The largest absolute Gasteiger partial charge is 0.481 e. The van der Waals surface area contributed by atoms with Gasteiger partial charge in [0.25, 0.3) is 0 Å². The molecule has 1 aromatic rings. The number of rotatable bonds is 6. The zero-order valence-electron chi connectivity index (χ0n) is 10.7. The molecule has 0 saturated heterocycles. The van der Waals surface area contributed by atoms with Crippen LogP contribution in [-0.2, 0) is 16.0 Å². The highest BCUT2D eigenvalue weighted by Crippen LogP contribution is 2.24. The number of amides is 1. The molecule has 0 fully saturated rings. The molecule has 1 aliphatic heterocycles. The third kappa shape index (κ3) is 3.71. The summed E-state index contributed by atoms with van der Waals surface area (Å²) in [4.78, 5) is 22.3. The minimum atomic E-state index is -0.792. The molecule has 0 unspecified atom stereocenters. The molecule has 0 bridgehead atoms. The van der Waals surface area contributed by atoms with Crippen LogP contribution in [0.1, 0.15) is 24.8 Å². The third-order valence-electron chi connectivity index (χ3n) is 3.20. The fraction of sp³-hybridized carbons (Fsp3) is 0.429. The minimum Gasteiger partial charge on any atom is -0.481 e. The number of fused-ring (bicyclic) bond motifs is 1. The summed E-state index contributed by atoms with van der Waals surface area (Å²) < 4.78 is 0. The number of nitrogens with one attached hydrogen (secondary N) is 2. The Bertz CT molecular complexity index is 449. The van der Waals surface area contributed by atoms with E-state index in [9.17, 15) is 9.59 Å². The van der Waals surface area contributed by atoms with Gasteiger partial charge < -0.3 is 15.7 Å². The maximum absolute atomic E-state index is 11.9. The number of unbranched alkanes of at least 4 members (excludes halogenated alkanes) is 1. The first kappa shape index (κ1) is 13.4. The molecule has 3 N–H and O–H groups in total. The Morgan fingerprint density at radius 3 is 2.84 bits per heavy atom. The van der Waals surface area contributed by atoms with Crippen LogP contribution in [-0.4, -0.2) is 29.6 Å². The Morgan fingerprint density at radius 1 is 1.32 bits per heavy atom. The highest BCUT2D eigenvalue weighted by Gasteiger charge is 2.25. The number of anilines is 1. The van der Waals surface area contributed by atoms with E-state index in [1.807, 2.05) is 24.3 Å². The van der Waals surface area contributed by atoms with Crippen LogP contribution in [0.15, 0.2) is 24.3 Å². The summed E-state index contributed by atoms with van der Waals surface area (Å²) in [6.07, 6.45) is 2.14. The average molecular weight is 262 g/mol. The number of carboxylic acids is 1. The van der Waals surface area contributed by atoms with Crippen LogP contribution in [0.5, 0.6) is 0 Å². The van der Waals surface area contributed by atoms with Crippen LogP contribution >= 0.6 is 0 Å². The quantitative estimate of drug-likeness (QED) is 0.677. The van der Waals surface area contributed by atoms with E-state index in [2.05, 4.69) is 10.6 Å². The number of para-hydroxylation sites is 1. The van der Waals surface area contributed by atoms with Gasteiger partial charge in [0, 0.05) is 25.1 Å². The number of carbonyl (C=O) groups excluding carboxylic acids is 1. The van der Waals surface area contributed by atoms with Crippen LogP contribution in [0, 0.1) is 0 Å². The van der Waals surface area contributed by atoms with Gasteiger partial charge in [0.2, 0.25) is 5.91 Å². The van der Waals surface area contributed by atoms with Crippen molar-refractivity contribution in [1.82, 2.24) is 5.32 Å². The molecular weight excluding hydrogens is 244 g/mol. The predicted molar refractivity (Wildman–Crippen MR) is 72.1 cm³/mol. The molecule has 1 aliphatic rings. The monoisotopic (exact) mass is 262 g/mol. The summed E-state index contributed by atoms with van der Waals surface area (Å²) in [5.41, 5.74) is 2.18. The van der Waals surface area contributed by atoms with Gasteiger partial charge in [0.05, 0.1) is 0 Å². The molecule has 2 rings (SSSR count). The summed E-state index contributed by atoms with van der Waals surface area (Å²) in [5.74, 6) is -0.814. The lowest BCUT2D eigenvalue weighted by Crippen LogP contribution is -2.38. The van der Waals surface area contributed by atoms with E-state index in [0.29, 0.717) is 25.8 Å². The van der Waals surface area contributed by atoms with Gasteiger partial charge >= 0.3 is 5.97 Å². The Labute approximate surface area is 112 Å². The highest BCUT2D eigenvalue weighted by molar-refractivity contribution is 5.87. The minimum absolute atomic E-state index is 0.0217. The highest BCUT2D eigenvalue weighted by atomic mass is 16.4. The first-order chi connectivity index (χ1) is 9.16. The van der Waals surface area contributed by atoms with E-state index in [1.165, 1.54) is 0 Å². The van der Waals surface area contributed by atoms with Crippen LogP contribution in [0.3, 0.4) is 0 Å². The lowest BCUT2D eigenvalue weighted by molar-refractivity contribution is -0.137. The average Bonchev–Trinajstić information content (AvgIpc) is 2.81. The van der Waals surface area contributed by atoms with Gasteiger partial charge in [-0.25, -0.2) is 0 Å². The smallest absolute Gasteiger partial charge is 0.303 e. The summed E-state index contributed by atoms with van der Waals surface area (Å²) >= 11 is 0. The zero-order chi connectivity index (χ0) is 13.7. The predicted octanol–water partition coefficient (Wildman–Crippen LogP) is 1.39. The van der Waals surface area contributed by atoms with E-state index in [1.54, 1.807) is 0 Å². The van der Waals surface area contributed by atoms with Crippen LogP contribution < -0.4 is 10.6 Å². The Hall–Kier alpha value is -2.04. The van der Waals surface area contributed by atoms with Crippen LogP contribution in [0.4, 0.5) is 5.69 Å². The fourth-order valence-corrected chi connectivity index (χ4v) is 2.19. The molecule has 1 atom stereocenters. The van der Waals surface area contributed by atoms with Crippen LogP contribution in [0.25, 0.3) is 0 Å². The van der Waals surface area contributed by atoms with Gasteiger partial charge in [-0.05, 0) is 24.5 Å². The maximum Gasteiger partial charge on any atom is 0.303 e. The summed E-state index contributed by atoms with van der Waals surface area (Å²) in [5, 5.41) is 14.5. The molecule has 1 amide bonds. The summed E-state index contributed by atoms with van der Waals surface area (Å²) in [6, 6.07) is 7.68. The van der Waals surface area contributed by atoms with Crippen molar-refractivity contribution in [3.8, 4) is 0 Å². The van der Waals surface area contributed by atoms with Crippen molar-refractivity contribution >= 4 is 17.6 Å². The summed E-state index contributed by atoms with van der Waals surface area (Å²) in [6.45, 7) is 0.528. The molecule has 5 heteroatoms. The van der Waals surface area contributed by atoms with Gasteiger partial charge in [-0.15, -0.1) is 0 Å².